The molecule has 0 saturated heterocycles. The normalized spacial score (nSPS) is 12.4. The molecule has 20 heavy (non-hydrogen) atoms. The molecule has 106 valence electrons. The molecular formula is C15H20N4O. The number of hydrogen-bond donors (Lipinski definition) is 1. The molecule has 1 unspecified atom stereocenters. The van der Waals surface area contributed by atoms with Gasteiger partial charge < -0.3 is 9.88 Å². The molecule has 2 aromatic heterocycles. The molecule has 2 heterocycles. The minimum absolute atomic E-state index is 0.0150. The van der Waals surface area contributed by atoms with Crippen LogP contribution in [0.5, 0.6) is 0 Å². The largest absolute Gasteiger partial charge is 0.359 e. The second-order valence-corrected chi connectivity index (χ2v) is 5.28. The monoisotopic (exact) mass is 272 g/mol. The molecule has 0 spiro atoms. The van der Waals surface area contributed by atoms with Crippen molar-refractivity contribution in [2.24, 2.45) is 5.92 Å². The van der Waals surface area contributed by atoms with E-state index in [9.17, 15) is 4.79 Å². The summed E-state index contributed by atoms with van der Waals surface area (Å²) in [6, 6.07) is 3.84. The van der Waals surface area contributed by atoms with Gasteiger partial charge in [-0.3, -0.25) is 9.78 Å². The summed E-state index contributed by atoms with van der Waals surface area (Å²) in [5, 5.41) is 3.16. The van der Waals surface area contributed by atoms with Crippen LogP contribution in [0, 0.1) is 5.92 Å². The lowest BCUT2D eigenvalue weighted by Gasteiger charge is -2.15. The summed E-state index contributed by atoms with van der Waals surface area (Å²) in [6.45, 7) is 6.84. The van der Waals surface area contributed by atoms with E-state index in [4.69, 9.17) is 0 Å². The van der Waals surface area contributed by atoms with Gasteiger partial charge in [0.05, 0.1) is 6.04 Å². The molecule has 0 aliphatic rings. The van der Waals surface area contributed by atoms with Crippen LogP contribution in [0.15, 0.2) is 41.7 Å². The first-order valence-corrected chi connectivity index (χ1v) is 6.80. The standard InChI is InChI=1S/C15H20N4O/c1-11(2)10-19-8-7-17-14(15(19)20)18-12(3)13-5-4-6-16-9-13/h4-9,11-12H,10H2,1-3H3,(H,17,18). The van der Waals surface area contributed by atoms with E-state index < -0.39 is 0 Å². The number of aromatic nitrogens is 3. The maximum absolute atomic E-state index is 12.3. The number of pyridine rings is 1. The van der Waals surface area contributed by atoms with Gasteiger partial charge in [-0.25, -0.2) is 4.98 Å². The smallest absolute Gasteiger partial charge is 0.293 e. The van der Waals surface area contributed by atoms with Crippen molar-refractivity contribution in [1.29, 1.82) is 0 Å². The Hall–Kier alpha value is -2.17. The van der Waals surface area contributed by atoms with Crippen molar-refractivity contribution in [3.63, 3.8) is 0 Å². The van der Waals surface area contributed by atoms with Crippen molar-refractivity contribution >= 4 is 5.82 Å². The highest BCUT2D eigenvalue weighted by atomic mass is 16.1. The third-order valence-corrected chi connectivity index (χ3v) is 3.01. The van der Waals surface area contributed by atoms with Gasteiger partial charge in [0.15, 0.2) is 5.82 Å². The molecule has 0 aliphatic carbocycles. The average Bonchev–Trinajstić information content (AvgIpc) is 2.43. The Balaban J connectivity index is 2.20. The fourth-order valence-corrected chi connectivity index (χ4v) is 2.00. The molecule has 0 saturated carbocycles. The summed E-state index contributed by atoms with van der Waals surface area (Å²) < 4.78 is 1.69. The summed E-state index contributed by atoms with van der Waals surface area (Å²) in [5.74, 6) is 0.795. The molecule has 0 aliphatic heterocycles. The molecule has 5 nitrogen and oxygen atoms in total. The Morgan fingerprint density at radius 3 is 2.75 bits per heavy atom. The molecule has 5 heteroatoms. The van der Waals surface area contributed by atoms with Gasteiger partial charge in [-0.05, 0) is 24.5 Å². The van der Waals surface area contributed by atoms with Gasteiger partial charge in [-0.15, -0.1) is 0 Å². The van der Waals surface area contributed by atoms with Gasteiger partial charge in [0, 0.05) is 31.3 Å². The molecule has 0 fully saturated rings. The van der Waals surface area contributed by atoms with Crippen LogP contribution in [0.1, 0.15) is 32.4 Å². The number of nitrogens with zero attached hydrogens (tertiary/aromatic N) is 3. The Morgan fingerprint density at radius 1 is 1.30 bits per heavy atom. The highest BCUT2D eigenvalue weighted by Gasteiger charge is 2.10. The zero-order chi connectivity index (χ0) is 14.5. The second kappa shape index (κ2) is 6.32. The Kier molecular flexibility index (Phi) is 4.50. The van der Waals surface area contributed by atoms with E-state index >= 15 is 0 Å². The van der Waals surface area contributed by atoms with E-state index in [0.29, 0.717) is 18.3 Å². The number of anilines is 1. The summed E-state index contributed by atoms with van der Waals surface area (Å²) in [7, 11) is 0. The summed E-state index contributed by atoms with van der Waals surface area (Å²) >= 11 is 0. The maximum Gasteiger partial charge on any atom is 0.293 e. The Morgan fingerprint density at radius 2 is 2.10 bits per heavy atom. The highest BCUT2D eigenvalue weighted by Crippen LogP contribution is 2.14. The van der Waals surface area contributed by atoms with Gasteiger partial charge in [-0.1, -0.05) is 19.9 Å². The highest BCUT2D eigenvalue weighted by molar-refractivity contribution is 5.35. The molecule has 2 rings (SSSR count). The molecule has 0 aromatic carbocycles. The zero-order valence-corrected chi connectivity index (χ0v) is 12.1. The van der Waals surface area contributed by atoms with Gasteiger partial charge in [-0.2, -0.15) is 0 Å². The fraction of sp³-hybridized carbons (Fsp3) is 0.400. The van der Waals surface area contributed by atoms with E-state index in [1.54, 1.807) is 29.4 Å². The van der Waals surface area contributed by atoms with Crippen LogP contribution in [-0.2, 0) is 6.54 Å². The lowest BCUT2D eigenvalue weighted by Crippen LogP contribution is -2.26. The SMILES string of the molecule is CC(C)Cn1ccnc(NC(C)c2cccnc2)c1=O. The Bertz CT molecular complexity index is 607. The molecule has 0 amide bonds. The number of nitrogens with one attached hydrogen (secondary N) is 1. The third-order valence-electron chi connectivity index (χ3n) is 3.01. The first-order chi connectivity index (χ1) is 9.58. The topological polar surface area (TPSA) is 59.8 Å². The van der Waals surface area contributed by atoms with Crippen LogP contribution < -0.4 is 10.9 Å². The summed E-state index contributed by atoms with van der Waals surface area (Å²) in [6.07, 6.45) is 6.89. The van der Waals surface area contributed by atoms with E-state index in [0.717, 1.165) is 5.56 Å². The van der Waals surface area contributed by atoms with Crippen LogP contribution in [0.25, 0.3) is 0 Å². The molecule has 1 atom stereocenters. The van der Waals surface area contributed by atoms with Crippen molar-refractivity contribution in [2.45, 2.75) is 33.4 Å². The molecule has 1 N–H and O–H groups in total. The second-order valence-electron chi connectivity index (χ2n) is 5.28. The van der Waals surface area contributed by atoms with E-state index in [1.165, 1.54) is 0 Å². The van der Waals surface area contributed by atoms with Gasteiger partial charge >= 0.3 is 0 Å². The summed E-state index contributed by atoms with van der Waals surface area (Å²) in [5.41, 5.74) is 0.935. The van der Waals surface area contributed by atoms with Crippen molar-refractivity contribution in [2.75, 3.05) is 5.32 Å². The lowest BCUT2D eigenvalue weighted by atomic mass is 10.1. The minimum atomic E-state index is -0.0862. The van der Waals surface area contributed by atoms with Crippen LogP contribution in [0.4, 0.5) is 5.82 Å². The van der Waals surface area contributed by atoms with Gasteiger partial charge in [0.2, 0.25) is 0 Å². The van der Waals surface area contributed by atoms with Crippen LogP contribution in [-0.4, -0.2) is 14.5 Å². The van der Waals surface area contributed by atoms with E-state index in [2.05, 4.69) is 29.1 Å². The Labute approximate surface area is 118 Å². The zero-order valence-electron chi connectivity index (χ0n) is 12.1. The first kappa shape index (κ1) is 14.2. The first-order valence-electron chi connectivity index (χ1n) is 6.80. The summed E-state index contributed by atoms with van der Waals surface area (Å²) in [4.78, 5) is 20.5. The molecule has 0 radical (unpaired) electrons. The number of rotatable bonds is 5. The molecule has 0 bridgehead atoms. The van der Waals surface area contributed by atoms with Gasteiger partial charge in [0.25, 0.3) is 5.56 Å². The maximum atomic E-state index is 12.3. The van der Waals surface area contributed by atoms with Crippen molar-refractivity contribution in [1.82, 2.24) is 14.5 Å². The number of hydrogen-bond acceptors (Lipinski definition) is 4. The molecular weight excluding hydrogens is 252 g/mol. The van der Waals surface area contributed by atoms with Crippen LogP contribution in [0.2, 0.25) is 0 Å². The van der Waals surface area contributed by atoms with Crippen LogP contribution in [0.3, 0.4) is 0 Å². The van der Waals surface area contributed by atoms with Crippen molar-refractivity contribution < 1.29 is 0 Å². The lowest BCUT2D eigenvalue weighted by molar-refractivity contribution is 0.509. The van der Waals surface area contributed by atoms with E-state index in [-0.39, 0.29) is 11.6 Å². The average molecular weight is 272 g/mol. The quantitative estimate of drug-likeness (QED) is 0.908. The van der Waals surface area contributed by atoms with Crippen molar-refractivity contribution in [3.8, 4) is 0 Å². The third kappa shape index (κ3) is 3.44. The predicted octanol–water partition coefficient (Wildman–Crippen LogP) is 2.47. The van der Waals surface area contributed by atoms with E-state index in [1.807, 2.05) is 19.1 Å². The van der Waals surface area contributed by atoms with Crippen molar-refractivity contribution in [3.05, 3.63) is 52.8 Å². The minimum Gasteiger partial charge on any atom is -0.359 e. The van der Waals surface area contributed by atoms with Gasteiger partial charge in [0.1, 0.15) is 0 Å². The van der Waals surface area contributed by atoms with Crippen LogP contribution >= 0.6 is 0 Å². The molecule has 2 aromatic rings. The predicted molar refractivity (Wildman–Crippen MR) is 79.6 cm³/mol. The fourth-order valence-electron chi connectivity index (χ4n) is 2.00.